The third kappa shape index (κ3) is 4.11. The van der Waals surface area contributed by atoms with Gasteiger partial charge in [0.2, 0.25) is 5.88 Å². The molecule has 2 atom stereocenters. The summed E-state index contributed by atoms with van der Waals surface area (Å²) in [5.41, 5.74) is 1.38. The third-order valence-corrected chi connectivity index (χ3v) is 6.69. The highest BCUT2D eigenvalue weighted by molar-refractivity contribution is 5.80. The van der Waals surface area contributed by atoms with Gasteiger partial charge in [-0.1, -0.05) is 19.8 Å². The molecule has 4 rings (SSSR count). The molecule has 2 aromatic rings. The van der Waals surface area contributed by atoms with Gasteiger partial charge in [0.15, 0.2) is 0 Å². The van der Waals surface area contributed by atoms with Gasteiger partial charge in [-0.25, -0.2) is 4.98 Å². The van der Waals surface area contributed by atoms with E-state index in [1.54, 1.807) is 20.2 Å². The number of rotatable bonds is 7. The molecule has 0 spiro atoms. The predicted molar refractivity (Wildman–Crippen MR) is 112 cm³/mol. The van der Waals surface area contributed by atoms with Gasteiger partial charge in [0.25, 0.3) is 0 Å². The van der Waals surface area contributed by atoms with E-state index in [0.717, 1.165) is 11.5 Å². The van der Waals surface area contributed by atoms with Crippen LogP contribution in [0.5, 0.6) is 11.6 Å². The zero-order valence-corrected chi connectivity index (χ0v) is 17.8. The Balaban J connectivity index is 1.51. The SMILES string of the molecule is COc1ccc(-c2cnnc(OC[C@H]3CC[C@H](C)CC3)c2)nc1[C@@H]1C[C@@]1(C)C(=O)O. The van der Waals surface area contributed by atoms with E-state index < -0.39 is 11.4 Å². The highest BCUT2D eigenvalue weighted by Crippen LogP contribution is 2.60. The molecule has 1 N–H and O–H groups in total. The Morgan fingerprint density at radius 1 is 1.27 bits per heavy atom. The fraction of sp³-hybridized carbons (Fsp3) is 0.565. The summed E-state index contributed by atoms with van der Waals surface area (Å²) in [5, 5.41) is 17.7. The molecule has 2 heterocycles. The molecular weight excluding hydrogens is 382 g/mol. The van der Waals surface area contributed by atoms with Crippen LogP contribution in [0.15, 0.2) is 24.4 Å². The van der Waals surface area contributed by atoms with Crippen molar-refractivity contribution < 1.29 is 19.4 Å². The predicted octanol–water partition coefficient (Wildman–Crippen LogP) is 4.33. The van der Waals surface area contributed by atoms with Crippen molar-refractivity contribution in [2.24, 2.45) is 17.3 Å². The number of hydrogen-bond acceptors (Lipinski definition) is 6. The fourth-order valence-corrected chi connectivity index (χ4v) is 4.30. The van der Waals surface area contributed by atoms with Crippen molar-refractivity contribution in [3.05, 3.63) is 30.1 Å². The molecule has 2 saturated carbocycles. The fourth-order valence-electron chi connectivity index (χ4n) is 4.30. The average molecular weight is 412 g/mol. The van der Waals surface area contributed by atoms with Crippen LogP contribution in [0.1, 0.15) is 57.6 Å². The molecular formula is C23H29N3O4. The number of nitrogens with zero attached hydrogens (tertiary/aromatic N) is 3. The van der Waals surface area contributed by atoms with Crippen LogP contribution in [0.25, 0.3) is 11.3 Å². The average Bonchev–Trinajstić information content (AvgIpc) is 3.46. The number of pyridine rings is 1. The van der Waals surface area contributed by atoms with E-state index in [2.05, 4.69) is 17.1 Å². The lowest BCUT2D eigenvalue weighted by atomic mass is 9.83. The second-order valence-electron chi connectivity index (χ2n) is 8.98. The number of hydrogen-bond donors (Lipinski definition) is 1. The van der Waals surface area contributed by atoms with Gasteiger partial charge in [0.05, 0.1) is 36.7 Å². The Morgan fingerprint density at radius 2 is 2.03 bits per heavy atom. The Kier molecular flexibility index (Phi) is 5.62. The molecule has 0 aliphatic heterocycles. The van der Waals surface area contributed by atoms with E-state index in [4.69, 9.17) is 14.5 Å². The number of methoxy groups -OCH3 is 1. The maximum atomic E-state index is 11.6. The van der Waals surface area contributed by atoms with Crippen LogP contribution < -0.4 is 9.47 Å². The van der Waals surface area contributed by atoms with Crippen molar-refractivity contribution in [1.82, 2.24) is 15.2 Å². The van der Waals surface area contributed by atoms with Gasteiger partial charge in [0.1, 0.15) is 5.75 Å². The van der Waals surface area contributed by atoms with E-state index in [-0.39, 0.29) is 5.92 Å². The summed E-state index contributed by atoms with van der Waals surface area (Å²) in [6.45, 7) is 4.72. The van der Waals surface area contributed by atoms with Crippen molar-refractivity contribution in [3.63, 3.8) is 0 Å². The molecule has 160 valence electrons. The number of aliphatic carboxylic acids is 1. The van der Waals surface area contributed by atoms with Crippen molar-refractivity contribution >= 4 is 5.97 Å². The summed E-state index contributed by atoms with van der Waals surface area (Å²) in [4.78, 5) is 16.3. The number of carboxylic acids is 1. The maximum absolute atomic E-state index is 11.6. The Morgan fingerprint density at radius 3 is 2.70 bits per heavy atom. The topological polar surface area (TPSA) is 94.4 Å². The second kappa shape index (κ2) is 8.20. The molecule has 0 unspecified atom stereocenters. The quantitative estimate of drug-likeness (QED) is 0.724. The molecule has 2 aromatic heterocycles. The third-order valence-electron chi connectivity index (χ3n) is 6.69. The van der Waals surface area contributed by atoms with Crippen molar-refractivity contribution in [2.45, 2.75) is 51.9 Å². The number of carboxylic acid groups (broad SMARTS) is 1. The number of aromatic nitrogens is 3. The van der Waals surface area contributed by atoms with E-state index >= 15 is 0 Å². The van der Waals surface area contributed by atoms with Crippen LogP contribution in [-0.4, -0.2) is 40.0 Å². The highest BCUT2D eigenvalue weighted by Gasteiger charge is 2.59. The van der Waals surface area contributed by atoms with Gasteiger partial charge in [-0.2, -0.15) is 5.10 Å². The number of ether oxygens (including phenoxy) is 2. The van der Waals surface area contributed by atoms with Crippen LogP contribution in [0.3, 0.4) is 0 Å². The molecule has 0 amide bonds. The van der Waals surface area contributed by atoms with Crippen molar-refractivity contribution in [3.8, 4) is 22.9 Å². The first kappa shape index (κ1) is 20.6. The van der Waals surface area contributed by atoms with Crippen LogP contribution in [0.4, 0.5) is 0 Å². The first-order chi connectivity index (χ1) is 14.4. The summed E-state index contributed by atoms with van der Waals surface area (Å²) in [5.74, 6) is 1.52. The molecule has 2 fully saturated rings. The van der Waals surface area contributed by atoms with Crippen LogP contribution in [-0.2, 0) is 4.79 Å². The molecule has 0 saturated heterocycles. The van der Waals surface area contributed by atoms with E-state index in [9.17, 15) is 9.90 Å². The smallest absolute Gasteiger partial charge is 0.310 e. The van der Waals surface area contributed by atoms with E-state index in [1.165, 1.54) is 25.7 Å². The summed E-state index contributed by atoms with van der Waals surface area (Å²) < 4.78 is 11.4. The molecule has 7 nitrogen and oxygen atoms in total. The lowest BCUT2D eigenvalue weighted by Gasteiger charge is -2.25. The van der Waals surface area contributed by atoms with Gasteiger partial charge >= 0.3 is 5.97 Å². The minimum atomic E-state index is -0.805. The van der Waals surface area contributed by atoms with E-state index in [1.807, 2.05) is 18.2 Å². The minimum Gasteiger partial charge on any atom is -0.495 e. The standard InChI is InChI=1S/C23H29N3O4/c1-14-4-6-15(7-5-14)13-30-20-10-16(12-24-26-20)18-8-9-19(29-3)21(25-18)17-11-23(17,2)22(27)28/h8-10,12,14-15,17H,4-7,11,13H2,1-3H3,(H,27,28)/t14-,15-,17-,23+/m0/s1. The zero-order valence-electron chi connectivity index (χ0n) is 17.8. The molecule has 0 bridgehead atoms. The lowest BCUT2D eigenvalue weighted by Crippen LogP contribution is -2.19. The normalized spacial score (nSPS) is 28.0. The van der Waals surface area contributed by atoms with Gasteiger partial charge in [0, 0.05) is 17.5 Å². The highest BCUT2D eigenvalue weighted by atomic mass is 16.5. The Bertz CT molecular complexity index is 926. The first-order valence-corrected chi connectivity index (χ1v) is 10.6. The summed E-state index contributed by atoms with van der Waals surface area (Å²) in [6, 6.07) is 5.54. The monoisotopic (exact) mass is 411 g/mol. The van der Waals surface area contributed by atoms with Crippen LogP contribution in [0, 0.1) is 17.3 Å². The molecule has 2 aliphatic rings. The van der Waals surface area contributed by atoms with E-state index in [0.29, 0.717) is 42.0 Å². The molecule has 0 aromatic carbocycles. The maximum Gasteiger partial charge on any atom is 0.310 e. The second-order valence-corrected chi connectivity index (χ2v) is 8.98. The Hall–Kier alpha value is -2.70. The molecule has 2 aliphatic carbocycles. The number of carbonyl (C=O) groups is 1. The van der Waals surface area contributed by atoms with Gasteiger partial charge in [-0.3, -0.25) is 4.79 Å². The van der Waals surface area contributed by atoms with Crippen molar-refractivity contribution in [2.75, 3.05) is 13.7 Å². The molecule has 7 heteroatoms. The summed E-state index contributed by atoms with van der Waals surface area (Å²) in [7, 11) is 1.58. The summed E-state index contributed by atoms with van der Waals surface area (Å²) in [6.07, 6.45) is 7.11. The first-order valence-electron chi connectivity index (χ1n) is 10.6. The van der Waals surface area contributed by atoms with Gasteiger partial charge < -0.3 is 14.6 Å². The zero-order chi connectivity index (χ0) is 21.3. The van der Waals surface area contributed by atoms with Crippen LogP contribution >= 0.6 is 0 Å². The van der Waals surface area contributed by atoms with Gasteiger partial charge in [-0.05, 0) is 50.2 Å². The van der Waals surface area contributed by atoms with Gasteiger partial charge in [-0.15, -0.1) is 5.10 Å². The van der Waals surface area contributed by atoms with Crippen molar-refractivity contribution in [1.29, 1.82) is 0 Å². The molecule has 30 heavy (non-hydrogen) atoms. The largest absolute Gasteiger partial charge is 0.495 e. The lowest BCUT2D eigenvalue weighted by molar-refractivity contribution is -0.142. The summed E-state index contributed by atoms with van der Waals surface area (Å²) >= 11 is 0. The molecule has 0 radical (unpaired) electrons. The minimum absolute atomic E-state index is 0.163. The Labute approximate surface area is 176 Å². The van der Waals surface area contributed by atoms with Crippen LogP contribution in [0.2, 0.25) is 0 Å².